The first-order valence-electron chi connectivity index (χ1n) is 7.17. The number of carbonyl (C=O) groups excluding carboxylic acids is 1. The Labute approximate surface area is 123 Å². The predicted molar refractivity (Wildman–Crippen MR) is 81.0 cm³/mol. The molecule has 0 spiro atoms. The largest absolute Gasteiger partial charge is 0.464 e. The van der Waals surface area contributed by atoms with E-state index in [0.29, 0.717) is 29.8 Å². The molecule has 0 aliphatic heterocycles. The van der Waals surface area contributed by atoms with Crippen molar-refractivity contribution in [3.05, 3.63) is 40.9 Å². The normalized spacial score (nSPS) is 11.0. The fourth-order valence-electron chi connectivity index (χ4n) is 2.00. The maximum atomic E-state index is 12.2. The van der Waals surface area contributed by atoms with Crippen LogP contribution in [0, 0.1) is 5.92 Å². The summed E-state index contributed by atoms with van der Waals surface area (Å²) in [6, 6.07) is 7.19. The molecule has 1 heterocycles. The van der Waals surface area contributed by atoms with E-state index in [1.807, 2.05) is 12.1 Å². The molecule has 112 valence electrons. The number of fused-ring (bicyclic) bond motifs is 1. The van der Waals surface area contributed by atoms with Gasteiger partial charge in [0.2, 0.25) is 0 Å². The third kappa shape index (κ3) is 4.15. The Kier molecular flexibility index (Phi) is 5.09. The van der Waals surface area contributed by atoms with Crippen LogP contribution in [0.25, 0.3) is 10.9 Å². The third-order valence-electron chi connectivity index (χ3n) is 3.25. The van der Waals surface area contributed by atoms with Crippen LogP contribution in [0.15, 0.2) is 35.4 Å². The summed E-state index contributed by atoms with van der Waals surface area (Å²) < 4.78 is 6.61. The topological polar surface area (TPSA) is 61.2 Å². The molecule has 0 amide bonds. The second-order valence-corrected chi connectivity index (χ2v) is 5.41. The van der Waals surface area contributed by atoms with E-state index in [1.165, 1.54) is 10.9 Å². The van der Waals surface area contributed by atoms with E-state index in [-0.39, 0.29) is 18.1 Å². The molecular formula is C16H20N2O3. The van der Waals surface area contributed by atoms with Crippen molar-refractivity contribution in [3.63, 3.8) is 0 Å². The molecule has 0 aliphatic rings. The lowest BCUT2D eigenvalue weighted by atomic mass is 10.1. The lowest BCUT2D eigenvalue weighted by Crippen LogP contribution is -2.23. The number of benzene rings is 1. The van der Waals surface area contributed by atoms with Crippen molar-refractivity contribution >= 4 is 16.9 Å². The molecule has 5 nitrogen and oxygen atoms in total. The summed E-state index contributed by atoms with van der Waals surface area (Å²) >= 11 is 0. The zero-order chi connectivity index (χ0) is 15.2. The number of hydrogen-bond donors (Lipinski definition) is 0. The molecule has 0 unspecified atom stereocenters. The summed E-state index contributed by atoms with van der Waals surface area (Å²) in [5.74, 6) is 0.260. The molecule has 0 saturated carbocycles. The standard InChI is InChI=1S/C16H20N2O3/c1-12(2)7-8-15(19)21-10-9-18-11-17-14-6-4-3-5-13(14)16(18)20/h3-6,11-12H,7-10H2,1-2H3. The molecule has 0 bridgehead atoms. The summed E-state index contributed by atoms with van der Waals surface area (Å²) in [5.41, 5.74) is 0.562. The van der Waals surface area contributed by atoms with E-state index < -0.39 is 0 Å². The number of hydrogen-bond acceptors (Lipinski definition) is 4. The minimum atomic E-state index is -0.217. The van der Waals surface area contributed by atoms with Crippen molar-refractivity contribution in [2.75, 3.05) is 6.61 Å². The van der Waals surface area contributed by atoms with Crippen LogP contribution >= 0.6 is 0 Å². The zero-order valence-corrected chi connectivity index (χ0v) is 12.4. The first-order valence-corrected chi connectivity index (χ1v) is 7.17. The van der Waals surface area contributed by atoms with E-state index in [1.54, 1.807) is 12.1 Å². The lowest BCUT2D eigenvalue weighted by molar-refractivity contribution is -0.144. The quantitative estimate of drug-likeness (QED) is 0.766. The number of carbonyl (C=O) groups is 1. The SMILES string of the molecule is CC(C)CCC(=O)OCCn1cnc2ccccc2c1=O. The number of aromatic nitrogens is 2. The molecule has 1 aromatic heterocycles. The van der Waals surface area contributed by atoms with Crippen LogP contribution in [-0.4, -0.2) is 22.1 Å². The molecule has 0 fully saturated rings. The van der Waals surface area contributed by atoms with Crippen LogP contribution in [0.2, 0.25) is 0 Å². The maximum absolute atomic E-state index is 12.2. The van der Waals surface area contributed by atoms with Gasteiger partial charge < -0.3 is 4.74 Å². The summed E-state index contributed by atoms with van der Waals surface area (Å²) in [5, 5.41) is 0.575. The predicted octanol–water partition coefficient (Wildman–Crippen LogP) is 2.38. The molecule has 0 N–H and O–H groups in total. The first kappa shape index (κ1) is 15.2. The smallest absolute Gasteiger partial charge is 0.305 e. The molecule has 0 radical (unpaired) electrons. The van der Waals surface area contributed by atoms with Crippen molar-refractivity contribution < 1.29 is 9.53 Å². The Morgan fingerprint density at radius 3 is 2.86 bits per heavy atom. The second-order valence-electron chi connectivity index (χ2n) is 5.41. The molecule has 21 heavy (non-hydrogen) atoms. The minimum Gasteiger partial charge on any atom is -0.464 e. The van der Waals surface area contributed by atoms with E-state index in [4.69, 9.17) is 4.74 Å². The van der Waals surface area contributed by atoms with Gasteiger partial charge in [-0.3, -0.25) is 14.2 Å². The molecule has 2 aromatic rings. The van der Waals surface area contributed by atoms with Crippen LogP contribution < -0.4 is 5.56 Å². The van der Waals surface area contributed by atoms with Gasteiger partial charge in [0.1, 0.15) is 6.61 Å². The summed E-state index contributed by atoms with van der Waals surface area (Å²) in [6.45, 7) is 4.64. The van der Waals surface area contributed by atoms with Gasteiger partial charge in [-0.05, 0) is 24.5 Å². The lowest BCUT2D eigenvalue weighted by Gasteiger charge is -2.08. The number of ether oxygens (including phenoxy) is 1. The minimum absolute atomic E-state index is 0.112. The highest BCUT2D eigenvalue weighted by Gasteiger charge is 2.06. The molecule has 1 aromatic carbocycles. The molecule has 0 atom stereocenters. The zero-order valence-electron chi connectivity index (χ0n) is 12.4. The van der Waals surface area contributed by atoms with E-state index in [9.17, 15) is 9.59 Å². The van der Waals surface area contributed by atoms with Crippen molar-refractivity contribution in [1.29, 1.82) is 0 Å². The summed E-state index contributed by atoms with van der Waals surface area (Å²) in [6.07, 6.45) is 2.73. The summed E-state index contributed by atoms with van der Waals surface area (Å²) in [7, 11) is 0. The average molecular weight is 288 g/mol. The number of esters is 1. The molecular weight excluding hydrogens is 268 g/mol. The Bertz CT molecular complexity index is 677. The number of nitrogens with zero attached hydrogens (tertiary/aromatic N) is 2. The monoisotopic (exact) mass is 288 g/mol. The van der Waals surface area contributed by atoms with Crippen LogP contribution in [0.4, 0.5) is 0 Å². The maximum Gasteiger partial charge on any atom is 0.305 e. The Hall–Kier alpha value is -2.17. The van der Waals surface area contributed by atoms with Crippen molar-refractivity contribution in [2.45, 2.75) is 33.2 Å². The fraction of sp³-hybridized carbons (Fsp3) is 0.438. The van der Waals surface area contributed by atoms with Gasteiger partial charge in [-0.15, -0.1) is 0 Å². The van der Waals surface area contributed by atoms with Crippen LogP contribution in [0.5, 0.6) is 0 Å². The average Bonchev–Trinajstić information content (AvgIpc) is 2.48. The van der Waals surface area contributed by atoms with Gasteiger partial charge in [-0.25, -0.2) is 4.98 Å². The van der Waals surface area contributed by atoms with Gasteiger partial charge in [0.05, 0.1) is 23.8 Å². The molecule has 0 saturated heterocycles. The highest BCUT2D eigenvalue weighted by Crippen LogP contribution is 2.05. The Morgan fingerprint density at radius 2 is 2.10 bits per heavy atom. The van der Waals surface area contributed by atoms with Crippen LogP contribution in [-0.2, 0) is 16.1 Å². The third-order valence-corrected chi connectivity index (χ3v) is 3.25. The van der Waals surface area contributed by atoms with E-state index in [2.05, 4.69) is 18.8 Å². The highest BCUT2D eigenvalue weighted by molar-refractivity contribution is 5.76. The molecule has 0 aliphatic carbocycles. The van der Waals surface area contributed by atoms with Gasteiger partial charge in [0.15, 0.2) is 0 Å². The van der Waals surface area contributed by atoms with E-state index >= 15 is 0 Å². The van der Waals surface area contributed by atoms with Gasteiger partial charge in [-0.1, -0.05) is 26.0 Å². The number of rotatable bonds is 6. The van der Waals surface area contributed by atoms with Gasteiger partial charge in [0.25, 0.3) is 5.56 Å². The van der Waals surface area contributed by atoms with Crippen molar-refractivity contribution in [3.8, 4) is 0 Å². The Balaban J connectivity index is 1.93. The fourth-order valence-corrected chi connectivity index (χ4v) is 2.00. The van der Waals surface area contributed by atoms with Crippen molar-refractivity contribution in [2.24, 2.45) is 5.92 Å². The van der Waals surface area contributed by atoms with Crippen molar-refractivity contribution in [1.82, 2.24) is 9.55 Å². The van der Waals surface area contributed by atoms with Gasteiger partial charge >= 0.3 is 5.97 Å². The van der Waals surface area contributed by atoms with Gasteiger partial charge in [0, 0.05) is 6.42 Å². The van der Waals surface area contributed by atoms with Gasteiger partial charge in [-0.2, -0.15) is 0 Å². The summed E-state index contributed by atoms with van der Waals surface area (Å²) in [4.78, 5) is 27.9. The van der Waals surface area contributed by atoms with Crippen LogP contribution in [0.3, 0.4) is 0 Å². The molecule has 5 heteroatoms. The number of para-hydroxylation sites is 1. The molecule has 2 rings (SSSR count). The van der Waals surface area contributed by atoms with Crippen LogP contribution in [0.1, 0.15) is 26.7 Å². The highest BCUT2D eigenvalue weighted by atomic mass is 16.5. The van der Waals surface area contributed by atoms with E-state index in [0.717, 1.165) is 6.42 Å². The second kappa shape index (κ2) is 7.02. The first-order chi connectivity index (χ1) is 10.1. The Morgan fingerprint density at radius 1 is 1.33 bits per heavy atom.